The molecule has 0 spiro atoms. The van der Waals surface area contributed by atoms with Crippen molar-refractivity contribution in [2.75, 3.05) is 27.4 Å². The number of nitrogens with one attached hydrogen (secondary N) is 1. The van der Waals surface area contributed by atoms with Crippen LogP contribution in [0.25, 0.3) is 6.08 Å². The molecule has 0 saturated heterocycles. The van der Waals surface area contributed by atoms with Crippen LogP contribution in [0.3, 0.4) is 0 Å². The quantitative estimate of drug-likeness (QED) is 0.258. The summed E-state index contributed by atoms with van der Waals surface area (Å²) in [5, 5.41) is 15.7. The van der Waals surface area contributed by atoms with Crippen LogP contribution in [0.2, 0.25) is 0 Å². The van der Waals surface area contributed by atoms with Crippen LogP contribution in [-0.2, 0) is 4.79 Å². The van der Waals surface area contributed by atoms with Gasteiger partial charge < -0.3 is 18.9 Å². The van der Waals surface area contributed by atoms with E-state index < -0.39 is 5.91 Å². The summed E-state index contributed by atoms with van der Waals surface area (Å²) in [6.45, 7) is 6.68. The molecule has 2 heterocycles. The van der Waals surface area contributed by atoms with E-state index in [0.717, 1.165) is 22.4 Å². The maximum absolute atomic E-state index is 13.0. The van der Waals surface area contributed by atoms with Crippen molar-refractivity contribution in [3.63, 3.8) is 0 Å². The number of fused-ring (bicyclic) bond motifs is 1. The monoisotopic (exact) mass is 570 g/mol. The molecule has 3 aromatic carbocycles. The summed E-state index contributed by atoms with van der Waals surface area (Å²) in [6.07, 6.45) is 1.58. The first-order chi connectivity index (χ1) is 19.8. The molecule has 0 aliphatic carbocycles. The van der Waals surface area contributed by atoms with Crippen molar-refractivity contribution in [3.05, 3.63) is 88.0 Å². The third-order valence-corrected chi connectivity index (χ3v) is 7.55. The zero-order valence-electron chi connectivity index (χ0n) is 23.5. The van der Waals surface area contributed by atoms with Gasteiger partial charge in [0, 0.05) is 5.56 Å². The summed E-state index contributed by atoms with van der Waals surface area (Å²) >= 11 is 1.27. The summed E-state index contributed by atoms with van der Waals surface area (Å²) in [5.74, 6) is 1.44. The molecular weight excluding hydrogens is 540 g/mol. The maximum Gasteiger partial charge on any atom is 0.283 e. The summed E-state index contributed by atoms with van der Waals surface area (Å²) in [4.78, 5) is 17.2. The lowest BCUT2D eigenvalue weighted by Crippen LogP contribution is -2.35. The molecule has 0 radical (unpaired) electrons. The number of amidine groups is 2. The molecule has 5 rings (SSSR count). The Hall–Kier alpha value is -4.57. The van der Waals surface area contributed by atoms with Crippen molar-refractivity contribution in [3.8, 4) is 23.0 Å². The first kappa shape index (κ1) is 28.0. The predicted octanol–water partition coefficient (Wildman–Crippen LogP) is 5.75. The van der Waals surface area contributed by atoms with Gasteiger partial charge in [-0.3, -0.25) is 10.2 Å². The highest BCUT2D eigenvalue weighted by molar-refractivity contribution is 8.27. The standard InChI is InChI=1S/C31H30N4O5S/c1-18-7-6-8-22(13-18)30-34-35-28(32)24(29(36)33-31(35)41-30)15-21-16-25(37-4)27(26(17-21)38-5)40-12-11-39-23-10-9-19(2)20(3)14-23/h6-10,13-17,32H,11-12H2,1-5H3. The van der Waals surface area contributed by atoms with E-state index >= 15 is 0 Å². The molecule has 0 saturated carbocycles. The van der Waals surface area contributed by atoms with Crippen molar-refractivity contribution in [1.82, 2.24) is 5.01 Å². The minimum absolute atomic E-state index is 0.0584. The van der Waals surface area contributed by atoms with E-state index in [9.17, 15) is 4.79 Å². The van der Waals surface area contributed by atoms with E-state index in [1.54, 1.807) is 18.2 Å². The van der Waals surface area contributed by atoms with Gasteiger partial charge in [0.15, 0.2) is 17.3 Å². The van der Waals surface area contributed by atoms with E-state index in [1.807, 2.05) is 56.3 Å². The van der Waals surface area contributed by atoms with Gasteiger partial charge in [0.05, 0.1) is 19.8 Å². The number of aliphatic imine (C=N–C) groups is 1. The van der Waals surface area contributed by atoms with Crippen molar-refractivity contribution in [2.24, 2.45) is 10.1 Å². The van der Waals surface area contributed by atoms with Crippen molar-refractivity contribution in [2.45, 2.75) is 20.8 Å². The molecule has 210 valence electrons. The topological polar surface area (TPSA) is 106 Å². The highest BCUT2D eigenvalue weighted by Gasteiger charge is 2.36. The average molecular weight is 571 g/mol. The van der Waals surface area contributed by atoms with Gasteiger partial charge in [0.1, 0.15) is 24.0 Å². The number of methoxy groups -OCH3 is 2. The van der Waals surface area contributed by atoms with Gasteiger partial charge in [-0.15, -0.1) is 0 Å². The van der Waals surface area contributed by atoms with Crippen LogP contribution >= 0.6 is 11.8 Å². The number of ether oxygens (including phenoxy) is 4. The summed E-state index contributed by atoms with van der Waals surface area (Å²) in [6, 6.07) is 17.3. The molecule has 3 aromatic rings. The Morgan fingerprint density at radius 2 is 1.66 bits per heavy atom. The molecule has 1 amide bonds. The summed E-state index contributed by atoms with van der Waals surface area (Å²) < 4.78 is 23.0. The van der Waals surface area contributed by atoms with E-state index in [2.05, 4.69) is 17.0 Å². The van der Waals surface area contributed by atoms with Gasteiger partial charge >= 0.3 is 0 Å². The minimum Gasteiger partial charge on any atom is -0.493 e. The van der Waals surface area contributed by atoms with Crippen molar-refractivity contribution in [1.29, 1.82) is 5.41 Å². The number of hydrogen-bond acceptors (Lipinski definition) is 8. The number of carbonyl (C=O) groups is 1. The van der Waals surface area contributed by atoms with Crippen molar-refractivity contribution >= 4 is 39.8 Å². The Balaban J connectivity index is 1.34. The van der Waals surface area contributed by atoms with Gasteiger partial charge in [-0.2, -0.15) is 15.1 Å². The number of hydrazone groups is 1. The molecule has 41 heavy (non-hydrogen) atoms. The second-order valence-corrected chi connectivity index (χ2v) is 10.4. The Kier molecular flexibility index (Phi) is 8.11. The van der Waals surface area contributed by atoms with Crippen LogP contribution in [0, 0.1) is 26.2 Å². The van der Waals surface area contributed by atoms with Gasteiger partial charge in [0.25, 0.3) is 5.91 Å². The molecule has 0 bridgehead atoms. The fourth-order valence-electron chi connectivity index (χ4n) is 4.29. The third kappa shape index (κ3) is 5.97. The number of aryl methyl sites for hydroxylation is 3. The smallest absolute Gasteiger partial charge is 0.283 e. The molecular formula is C31H30N4O5S. The third-order valence-electron chi connectivity index (χ3n) is 6.59. The summed E-state index contributed by atoms with van der Waals surface area (Å²) in [5.41, 5.74) is 5.04. The van der Waals surface area contributed by atoms with Crippen LogP contribution in [0.5, 0.6) is 23.0 Å². The van der Waals surface area contributed by atoms with Crippen LogP contribution in [-0.4, -0.2) is 54.4 Å². The number of hydrogen-bond donors (Lipinski definition) is 1. The van der Waals surface area contributed by atoms with Crippen LogP contribution in [0.4, 0.5) is 0 Å². The second-order valence-electron chi connectivity index (χ2n) is 9.49. The molecule has 0 aromatic heterocycles. The Morgan fingerprint density at radius 1 is 0.927 bits per heavy atom. The van der Waals surface area contributed by atoms with Gasteiger partial charge in [-0.1, -0.05) is 29.8 Å². The number of thioether (sulfide) groups is 1. The van der Waals surface area contributed by atoms with E-state index in [0.29, 0.717) is 39.6 Å². The Morgan fingerprint density at radius 3 is 2.34 bits per heavy atom. The molecule has 2 aliphatic heterocycles. The zero-order valence-corrected chi connectivity index (χ0v) is 24.3. The van der Waals surface area contributed by atoms with E-state index in [-0.39, 0.29) is 18.0 Å². The first-order valence-corrected chi connectivity index (χ1v) is 13.7. The van der Waals surface area contributed by atoms with Gasteiger partial charge in [-0.05, 0) is 85.6 Å². The fourth-order valence-corrected chi connectivity index (χ4v) is 5.17. The zero-order chi connectivity index (χ0) is 29.1. The highest BCUT2D eigenvalue weighted by atomic mass is 32.2. The first-order valence-electron chi connectivity index (χ1n) is 12.9. The molecule has 0 atom stereocenters. The lowest BCUT2D eigenvalue weighted by Gasteiger charge is -2.20. The number of nitrogens with zero attached hydrogens (tertiary/aromatic N) is 3. The fraction of sp³-hybridized carbons (Fsp3) is 0.226. The average Bonchev–Trinajstić information content (AvgIpc) is 3.39. The lowest BCUT2D eigenvalue weighted by molar-refractivity contribution is -0.114. The molecule has 2 aliphatic rings. The van der Waals surface area contributed by atoms with E-state index in [1.165, 1.54) is 36.6 Å². The number of rotatable bonds is 9. The molecule has 1 N–H and O–H groups in total. The molecule has 0 fully saturated rings. The molecule has 9 nitrogen and oxygen atoms in total. The van der Waals surface area contributed by atoms with Crippen molar-refractivity contribution < 1.29 is 23.7 Å². The molecule has 10 heteroatoms. The van der Waals surface area contributed by atoms with Crippen LogP contribution < -0.4 is 18.9 Å². The number of benzene rings is 3. The van der Waals surface area contributed by atoms with Gasteiger partial charge in [-0.25, -0.2) is 0 Å². The normalized spacial score (nSPS) is 15.4. The predicted molar refractivity (Wildman–Crippen MR) is 162 cm³/mol. The Bertz CT molecular complexity index is 1600. The highest BCUT2D eigenvalue weighted by Crippen LogP contribution is 2.40. The summed E-state index contributed by atoms with van der Waals surface area (Å²) in [7, 11) is 3.05. The molecule has 0 unspecified atom stereocenters. The van der Waals surface area contributed by atoms with Gasteiger partial charge in [0.2, 0.25) is 10.9 Å². The SMILES string of the molecule is COc1cc(C=C2C(=N)N3N=C(c4cccc(C)c4)SC3=NC2=O)cc(OC)c1OCCOc1ccc(C)c(C)c1. The van der Waals surface area contributed by atoms with E-state index in [4.69, 9.17) is 24.4 Å². The maximum atomic E-state index is 13.0. The number of amides is 1. The lowest BCUT2D eigenvalue weighted by atomic mass is 10.1. The Labute approximate surface area is 243 Å². The minimum atomic E-state index is -0.517. The van der Waals surface area contributed by atoms with Crippen LogP contribution in [0.15, 0.2) is 70.3 Å². The number of carbonyl (C=O) groups excluding carboxylic acids is 1. The van der Waals surface area contributed by atoms with Crippen LogP contribution in [0.1, 0.15) is 27.8 Å². The second kappa shape index (κ2) is 11.9. The largest absolute Gasteiger partial charge is 0.493 e.